The Bertz CT molecular complexity index is 253. The average Bonchev–Trinajstić information content (AvgIpc) is 2.21. The van der Waals surface area contributed by atoms with Gasteiger partial charge in [0.2, 0.25) is 0 Å². The zero-order valence-electron chi connectivity index (χ0n) is 7.27. The maximum Gasteiger partial charge on any atom is 0.335 e. The highest BCUT2D eigenvalue weighted by Gasteiger charge is 1.99. The first kappa shape index (κ1) is 11.6. The number of aliphatic hydroxyl groups is 2. The van der Waals surface area contributed by atoms with Crippen molar-refractivity contribution in [3.63, 3.8) is 0 Å². The van der Waals surface area contributed by atoms with Crippen LogP contribution in [0.2, 0.25) is 0 Å². The number of rotatable bonds is 2. The second-order valence-electron chi connectivity index (χ2n) is 2.16. The minimum absolute atomic E-state index is 0.0557. The Labute approximate surface area is 76.1 Å². The van der Waals surface area contributed by atoms with E-state index in [9.17, 15) is 4.79 Å². The number of aliphatic hydroxyl groups excluding tert-OH is 2. The standard InChI is InChI=1S/C8H8O3.CH4O/c9-5-6-1-3-7(4-2-6)8(10)11;1-2/h1-4,9H,5H2,(H,10,11);2H,1H3. The van der Waals surface area contributed by atoms with Gasteiger partial charge in [-0.15, -0.1) is 0 Å². The molecule has 0 radical (unpaired) electrons. The molecule has 72 valence electrons. The van der Waals surface area contributed by atoms with Crippen molar-refractivity contribution in [2.45, 2.75) is 6.61 Å². The van der Waals surface area contributed by atoms with Crippen LogP contribution >= 0.6 is 0 Å². The molecule has 4 heteroatoms. The molecule has 0 aliphatic rings. The largest absolute Gasteiger partial charge is 0.478 e. The molecular weight excluding hydrogens is 172 g/mol. The summed E-state index contributed by atoms with van der Waals surface area (Å²) >= 11 is 0. The Kier molecular flexibility index (Phi) is 5.50. The lowest BCUT2D eigenvalue weighted by atomic mass is 10.1. The lowest BCUT2D eigenvalue weighted by Gasteiger charge is -1.95. The number of hydrogen-bond donors (Lipinski definition) is 3. The molecule has 0 spiro atoms. The Morgan fingerprint density at radius 1 is 1.23 bits per heavy atom. The van der Waals surface area contributed by atoms with Gasteiger partial charge in [0.1, 0.15) is 0 Å². The van der Waals surface area contributed by atoms with Crippen LogP contribution in [0.5, 0.6) is 0 Å². The van der Waals surface area contributed by atoms with Gasteiger partial charge in [-0.3, -0.25) is 0 Å². The summed E-state index contributed by atoms with van der Waals surface area (Å²) in [7, 11) is 1.00. The molecule has 0 aliphatic heterocycles. The molecule has 0 atom stereocenters. The van der Waals surface area contributed by atoms with Crippen molar-refractivity contribution in [2.75, 3.05) is 7.11 Å². The van der Waals surface area contributed by atoms with Gasteiger partial charge in [0.25, 0.3) is 0 Å². The molecule has 1 aromatic carbocycles. The predicted molar refractivity (Wildman–Crippen MR) is 47.5 cm³/mol. The fourth-order valence-electron chi connectivity index (χ4n) is 0.753. The van der Waals surface area contributed by atoms with Gasteiger partial charge < -0.3 is 15.3 Å². The molecule has 0 bridgehead atoms. The second kappa shape index (κ2) is 6.16. The summed E-state index contributed by atoms with van der Waals surface area (Å²) in [5, 5.41) is 24.1. The maximum atomic E-state index is 10.3. The van der Waals surface area contributed by atoms with Crippen LogP contribution < -0.4 is 0 Å². The summed E-state index contributed by atoms with van der Waals surface area (Å²) in [5.41, 5.74) is 0.956. The van der Waals surface area contributed by atoms with E-state index in [4.69, 9.17) is 15.3 Å². The summed E-state index contributed by atoms with van der Waals surface area (Å²) < 4.78 is 0. The van der Waals surface area contributed by atoms with Crippen LogP contribution in [0.4, 0.5) is 0 Å². The van der Waals surface area contributed by atoms with Crippen LogP contribution in [0.1, 0.15) is 15.9 Å². The van der Waals surface area contributed by atoms with Gasteiger partial charge in [0, 0.05) is 7.11 Å². The first-order valence-electron chi connectivity index (χ1n) is 3.62. The summed E-state index contributed by atoms with van der Waals surface area (Å²) in [5.74, 6) is -0.950. The first-order chi connectivity index (χ1) is 6.24. The SMILES string of the molecule is CO.O=C(O)c1ccc(CO)cc1. The van der Waals surface area contributed by atoms with E-state index in [1.54, 1.807) is 12.1 Å². The van der Waals surface area contributed by atoms with E-state index >= 15 is 0 Å². The van der Waals surface area contributed by atoms with E-state index in [1.165, 1.54) is 12.1 Å². The van der Waals surface area contributed by atoms with Crippen molar-refractivity contribution in [1.29, 1.82) is 0 Å². The Balaban J connectivity index is 0.000000671. The lowest BCUT2D eigenvalue weighted by molar-refractivity contribution is 0.0697. The van der Waals surface area contributed by atoms with E-state index in [0.29, 0.717) is 0 Å². The Hall–Kier alpha value is -1.39. The lowest BCUT2D eigenvalue weighted by Crippen LogP contribution is -1.95. The molecule has 13 heavy (non-hydrogen) atoms. The second-order valence-corrected chi connectivity index (χ2v) is 2.16. The summed E-state index contributed by atoms with van der Waals surface area (Å²) in [4.78, 5) is 10.3. The normalized spacial score (nSPS) is 8.54. The monoisotopic (exact) mass is 184 g/mol. The van der Waals surface area contributed by atoms with E-state index in [-0.39, 0.29) is 12.2 Å². The summed E-state index contributed by atoms with van der Waals surface area (Å²) in [6.07, 6.45) is 0. The number of hydrogen-bond acceptors (Lipinski definition) is 3. The van der Waals surface area contributed by atoms with Crippen LogP contribution in [-0.4, -0.2) is 28.4 Å². The molecule has 0 unspecified atom stereocenters. The van der Waals surface area contributed by atoms with Crippen LogP contribution in [0.3, 0.4) is 0 Å². The van der Waals surface area contributed by atoms with Crippen LogP contribution in [0.15, 0.2) is 24.3 Å². The van der Waals surface area contributed by atoms with Gasteiger partial charge in [-0.2, -0.15) is 0 Å². The topological polar surface area (TPSA) is 77.8 Å². The molecule has 0 aliphatic carbocycles. The van der Waals surface area contributed by atoms with Crippen LogP contribution in [0.25, 0.3) is 0 Å². The molecule has 4 nitrogen and oxygen atoms in total. The molecule has 0 saturated heterocycles. The smallest absolute Gasteiger partial charge is 0.335 e. The fraction of sp³-hybridized carbons (Fsp3) is 0.222. The number of benzene rings is 1. The number of carbonyl (C=O) groups is 1. The van der Waals surface area contributed by atoms with E-state index in [0.717, 1.165) is 12.7 Å². The third-order valence-electron chi connectivity index (χ3n) is 1.38. The molecule has 1 rings (SSSR count). The first-order valence-corrected chi connectivity index (χ1v) is 3.62. The van der Waals surface area contributed by atoms with Gasteiger partial charge in [-0.1, -0.05) is 12.1 Å². The number of carboxylic acids is 1. The minimum atomic E-state index is -0.950. The van der Waals surface area contributed by atoms with Gasteiger partial charge in [-0.25, -0.2) is 4.79 Å². The Morgan fingerprint density at radius 2 is 1.69 bits per heavy atom. The highest BCUT2D eigenvalue weighted by molar-refractivity contribution is 5.87. The highest BCUT2D eigenvalue weighted by Crippen LogP contribution is 2.03. The Morgan fingerprint density at radius 3 is 2.00 bits per heavy atom. The molecule has 3 N–H and O–H groups in total. The molecule has 1 aromatic rings. The van der Waals surface area contributed by atoms with Crippen molar-refractivity contribution in [3.05, 3.63) is 35.4 Å². The van der Waals surface area contributed by atoms with E-state index in [2.05, 4.69) is 0 Å². The molecule has 0 fully saturated rings. The third kappa shape index (κ3) is 3.68. The highest BCUT2D eigenvalue weighted by atomic mass is 16.4. The van der Waals surface area contributed by atoms with Crippen molar-refractivity contribution in [1.82, 2.24) is 0 Å². The molecule has 0 aromatic heterocycles. The van der Waals surface area contributed by atoms with Gasteiger partial charge in [0.05, 0.1) is 12.2 Å². The van der Waals surface area contributed by atoms with Gasteiger partial charge in [0.15, 0.2) is 0 Å². The fourth-order valence-corrected chi connectivity index (χ4v) is 0.753. The zero-order valence-corrected chi connectivity index (χ0v) is 7.27. The van der Waals surface area contributed by atoms with Gasteiger partial charge in [-0.05, 0) is 17.7 Å². The molecular formula is C9H12O4. The van der Waals surface area contributed by atoms with Gasteiger partial charge >= 0.3 is 5.97 Å². The maximum absolute atomic E-state index is 10.3. The van der Waals surface area contributed by atoms with Crippen molar-refractivity contribution >= 4 is 5.97 Å². The quantitative estimate of drug-likeness (QED) is 0.625. The van der Waals surface area contributed by atoms with Crippen LogP contribution in [0, 0.1) is 0 Å². The van der Waals surface area contributed by atoms with E-state index in [1.807, 2.05) is 0 Å². The van der Waals surface area contributed by atoms with Crippen molar-refractivity contribution in [3.8, 4) is 0 Å². The van der Waals surface area contributed by atoms with Crippen LogP contribution in [-0.2, 0) is 6.61 Å². The summed E-state index contributed by atoms with van der Waals surface area (Å²) in [6.45, 7) is -0.0557. The van der Waals surface area contributed by atoms with Crippen molar-refractivity contribution < 1.29 is 20.1 Å². The number of carboxylic acid groups (broad SMARTS) is 1. The molecule has 0 saturated carbocycles. The number of aromatic carboxylic acids is 1. The van der Waals surface area contributed by atoms with E-state index < -0.39 is 5.97 Å². The predicted octanol–water partition coefficient (Wildman–Crippen LogP) is 0.486. The molecule has 0 amide bonds. The third-order valence-corrected chi connectivity index (χ3v) is 1.38. The summed E-state index contributed by atoms with van der Waals surface area (Å²) in [6, 6.07) is 6.11. The molecule has 0 heterocycles. The zero-order chi connectivity index (χ0) is 10.3. The minimum Gasteiger partial charge on any atom is -0.478 e. The average molecular weight is 184 g/mol. The van der Waals surface area contributed by atoms with Crippen molar-refractivity contribution in [2.24, 2.45) is 0 Å².